The van der Waals surface area contributed by atoms with Gasteiger partial charge in [-0.25, -0.2) is 8.42 Å². The molecule has 2 unspecified atom stereocenters. The fourth-order valence-corrected chi connectivity index (χ4v) is 4.81. The third kappa shape index (κ3) is 3.66. The van der Waals surface area contributed by atoms with Gasteiger partial charge in [0.15, 0.2) is 9.84 Å². The molecule has 1 aliphatic rings. The minimum absolute atomic E-state index is 0.0352. The molecule has 6 heteroatoms. The van der Waals surface area contributed by atoms with Gasteiger partial charge < -0.3 is 10.0 Å². The van der Waals surface area contributed by atoms with Crippen LogP contribution >= 0.6 is 0 Å². The van der Waals surface area contributed by atoms with E-state index in [-0.39, 0.29) is 34.6 Å². The van der Waals surface area contributed by atoms with E-state index >= 15 is 0 Å². The lowest BCUT2D eigenvalue weighted by Gasteiger charge is -2.21. The number of likely N-dealkylation sites (tertiary alicyclic amines) is 1. The second-order valence-corrected chi connectivity index (χ2v) is 9.14. The number of benzene rings is 2. The second kappa shape index (κ2) is 6.85. The molecule has 3 rings (SSSR count). The van der Waals surface area contributed by atoms with Crippen LogP contribution in [-0.2, 0) is 15.6 Å². The Morgan fingerprint density at radius 1 is 1.15 bits per heavy atom. The number of β-amino-alcohol motifs (C(OH)–C–C–N with tert-alkyl or cyclic N) is 1. The fourth-order valence-electron chi connectivity index (χ4n) is 3.25. The smallest absolute Gasteiger partial charge is 0.255 e. The highest BCUT2D eigenvalue weighted by Crippen LogP contribution is 2.29. The van der Waals surface area contributed by atoms with E-state index in [4.69, 9.17) is 0 Å². The predicted molar refractivity (Wildman–Crippen MR) is 99.5 cm³/mol. The molecule has 0 aliphatic carbocycles. The van der Waals surface area contributed by atoms with E-state index in [0.29, 0.717) is 12.1 Å². The quantitative estimate of drug-likeness (QED) is 0.894. The zero-order valence-electron chi connectivity index (χ0n) is 14.9. The maximum atomic E-state index is 13.0. The highest BCUT2D eigenvalue weighted by Gasteiger charge is 2.41. The van der Waals surface area contributed by atoms with Crippen molar-refractivity contribution in [3.63, 3.8) is 0 Å². The molecule has 0 radical (unpaired) electrons. The molecule has 2 atom stereocenters. The Kier molecular flexibility index (Phi) is 4.90. The number of hydrogen-bond acceptors (Lipinski definition) is 4. The molecule has 5 nitrogen and oxygen atoms in total. The van der Waals surface area contributed by atoms with E-state index in [1.54, 1.807) is 43.3 Å². The lowest BCUT2D eigenvalue weighted by atomic mass is 9.95. The summed E-state index contributed by atoms with van der Waals surface area (Å²) < 4.78 is 25.8. The average molecular weight is 373 g/mol. The van der Waals surface area contributed by atoms with Crippen molar-refractivity contribution in [1.29, 1.82) is 0 Å². The maximum Gasteiger partial charge on any atom is 0.255 e. The number of carbonyl (C=O) groups excluding carboxylic acids is 1. The number of rotatable bonds is 4. The molecule has 0 spiro atoms. The summed E-state index contributed by atoms with van der Waals surface area (Å²) in [5.74, 6) is -0.590. The number of aliphatic hydroxyl groups is 1. The lowest BCUT2D eigenvalue weighted by molar-refractivity contribution is 0.0351. The van der Waals surface area contributed by atoms with E-state index in [9.17, 15) is 18.3 Å². The standard InChI is InChI=1S/C20H23NO4S/c1-15-12-21(14-20(15,2)23)19(22)17-10-6-7-11-18(17)26(24,25)13-16-8-4-3-5-9-16/h3-11,15,23H,12-14H2,1-2H3. The zero-order chi connectivity index (χ0) is 18.9. The average Bonchev–Trinajstić information content (AvgIpc) is 2.88. The minimum Gasteiger partial charge on any atom is -0.388 e. The Morgan fingerprint density at radius 2 is 1.77 bits per heavy atom. The van der Waals surface area contributed by atoms with Gasteiger partial charge in [0.25, 0.3) is 5.91 Å². The van der Waals surface area contributed by atoms with E-state index in [2.05, 4.69) is 0 Å². The lowest BCUT2D eigenvalue weighted by Crippen LogP contribution is -2.35. The molecule has 0 bridgehead atoms. The first-order valence-corrected chi connectivity index (χ1v) is 10.2. The minimum atomic E-state index is -3.67. The van der Waals surface area contributed by atoms with Crippen LogP contribution in [-0.4, -0.2) is 43.0 Å². The van der Waals surface area contributed by atoms with Gasteiger partial charge in [-0.1, -0.05) is 49.4 Å². The normalized spacial score (nSPS) is 23.2. The van der Waals surface area contributed by atoms with Crippen LogP contribution in [0.15, 0.2) is 59.5 Å². The number of nitrogens with zero attached hydrogens (tertiary/aromatic N) is 1. The molecule has 0 saturated carbocycles. The van der Waals surface area contributed by atoms with Crippen molar-refractivity contribution in [2.75, 3.05) is 13.1 Å². The second-order valence-electron chi connectivity index (χ2n) is 7.18. The van der Waals surface area contributed by atoms with Gasteiger partial charge in [0, 0.05) is 19.0 Å². The summed E-state index contributed by atoms with van der Waals surface area (Å²) in [6.07, 6.45) is 0. The molecule has 26 heavy (non-hydrogen) atoms. The third-order valence-electron chi connectivity index (χ3n) is 5.01. The van der Waals surface area contributed by atoms with Gasteiger partial charge in [-0.05, 0) is 24.6 Å². The summed E-state index contributed by atoms with van der Waals surface area (Å²) in [6, 6.07) is 15.2. The first-order chi connectivity index (χ1) is 12.2. The van der Waals surface area contributed by atoms with Crippen molar-refractivity contribution in [3.05, 3.63) is 65.7 Å². The van der Waals surface area contributed by atoms with E-state index in [1.165, 1.54) is 17.0 Å². The third-order valence-corrected chi connectivity index (χ3v) is 6.75. The van der Waals surface area contributed by atoms with Gasteiger partial charge in [0.2, 0.25) is 0 Å². The zero-order valence-corrected chi connectivity index (χ0v) is 15.7. The van der Waals surface area contributed by atoms with Crippen LogP contribution in [0, 0.1) is 5.92 Å². The van der Waals surface area contributed by atoms with Crippen LogP contribution in [0.2, 0.25) is 0 Å². The monoisotopic (exact) mass is 373 g/mol. The summed E-state index contributed by atoms with van der Waals surface area (Å²) in [7, 11) is -3.67. The van der Waals surface area contributed by atoms with Gasteiger partial charge >= 0.3 is 0 Å². The Labute approximate surface area is 154 Å². The fraction of sp³-hybridized carbons (Fsp3) is 0.350. The summed E-state index contributed by atoms with van der Waals surface area (Å²) in [5, 5.41) is 10.3. The van der Waals surface area contributed by atoms with Gasteiger partial charge in [-0.15, -0.1) is 0 Å². The van der Waals surface area contributed by atoms with Crippen molar-refractivity contribution in [1.82, 2.24) is 4.90 Å². The summed E-state index contributed by atoms with van der Waals surface area (Å²) >= 11 is 0. The molecule has 1 fully saturated rings. The van der Waals surface area contributed by atoms with E-state index in [1.807, 2.05) is 13.0 Å². The Balaban J connectivity index is 1.92. The van der Waals surface area contributed by atoms with Gasteiger partial charge in [-0.2, -0.15) is 0 Å². The van der Waals surface area contributed by atoms with Crippen LogP contribution in [0.5, 0.6) is 0 Å². The van der Waals surface area contributed by atoms with Crippen molar-refractivity contribution in [2.24, 2.45) is 5.92 Å². The molecule has 1 heterocycles. The number of amides is 1. The molecule has 1 saturated heterocycles. The molecule has 0 aromatic heterocycles. The Morgan fingerprint density at radius 3 is 2.38 bits per heavy atom. The van der Waals surface area contributed by atoms with Crippen molar-refractivity contribution in [2.45, 2.75) is 30.1 Å². The molecule has 1 amide bonds. The summed E-state index contributed by atoms with van der Waals surface area (Å²) in [6.45, 7) is 4.17. The van der Waals surface area contributed by atoms with Gasteiger partial charge in [0.05, 0.1) is 21.8 Å². The first-order valence-electron chi connectivity index (χ1n) is 8.58. The number of hydrogen-bond donors (Lipinski definition) is 1. The predicted octanol–water partition coefficient (Wildman–Crippen LogP) is 2.50. The SMILES string of the molecule is CC1CN(C(=O)c2ccccc2S(=O)(=O)Cc2ccccc2)CC1(C)O. The largest absolute Gasteiger partial charge is 0.388 e. The first kappa shape index (κ1) is 18.6. The van der Waals surface area contributed by atoms with Gasteiger partial charge in [-0.3, -0.25) is 4.79 Å². The number of carbonyl (C=O) groups is 1. The Bertz CT molecular complexity index is 906. The van der Waals surface area contributed by atoms with Crippen molar-refractivity contribution in [3.8, 4) is 0 Å². The van der Waals surface area contributed by atoms with Crippen LogP contribution in [0.1, 0.15) is 29.8 Å². The highest BCUT2D eigenvalue weighted by atomic mass is 32.2. The van der Waals surface area contributed by atoms with Crippen molar-refractivity contribution >= 4 is 15.7 Å². The molecule has 1 aliphatic heterocycles. The van der Waals surface area contributed by atoms with Crippen LogP contribution in [0.4, 0.5) is 0 Å². The Hall–Kier alpha value is -2.18. The molecule has 1 N–H and O–H groups in total. The highest BCUT2D eigenvalue weighted by molar-refractivity contribution is 7.90. The molecule has 2 aromatic carbocycles. The summed E-state index contributed by atoms with van der Waals surface area (Å²) in [4.78, 5) is 14.5. The van der Waals surface area contributed by atoms with Gasteiger partial charge in [0.1, 0.15) is 0 Å². The molecule has 2 aromatic rings. The molecule has 138 valence electrons. The van der Waals surface area contributed by atoms with Crippen LogP contribution < -0.4 is 0 Å². The topological polar surface area (TPSA) is 74.7 Å². The maximum absolute atomic E-state index is 13.0. The van der Waals surface area contributed by atoms with Crippen LogP contribution in [0.3, 0.4) is 0 Å². The summed E-state index contributed by atoms with van der Waals surface area (Å²) in [5.41, 5.74) is -0.131. The van der Waals surface area contributed by atoms with Crippen molar-refractivity contribution < 1.29 is 18.3 Å². The molecular weight excluding hydrogens is 350 g/mol. The molecular formula is C20H23NO4S. The van der Waals surface area contributed by atoms with E-state index in [0.717, 1.165) is 0 Å². The number of sulfone groups is 1. The van der Waals surface area contributed by atoms with E-state index < -0.39 is 15.4 Å². The van der Waals surface area contributed by atoms with Crippen LogP contribution in [0.25, 0.3) is 0 Å².